The zero-order valence-corrected chi connectivity index (χ0v) is 13.7. The summed E-state index contributed by atoms with van der Waals surface area (Å²) in [5.41, 5.74) is 0.840. The van der Waals surface area contributed by atoms with Crippen LogP contribution >= 0.6 is 15.9 Å². The molecule has 0 aliphatic heterocycles. The van der Waals surface area contributed by atoms with Crippen molar-refractivity contribution >= 4 is 21.7 Å². The highest BCUT2D eigenvalue weighted by atomic mass is 79.9. The van der Waals surface area contributed by atoms with Crippen LogP contribution in [0.15, 0.2) is 10.7 Å². The van der Waals surface area contributed by atoms with Crippen molar-refractivity contribution in [1.82, 2.24) is 9.97 Å². The Labute approximate surface area is 123 Å². The van der Waals surface area contributed by atoms with E-state index in [1.54, 1.807) is 0 Å². The molecule has 0 atom stereocenters. The van der Waals surface area contributed by atoms with Crippen LogP contribution in [0.2, 0.25) is 0 Å². The molecule has 19 heavy (non-hydrogen) atoms. The summed E-state index contributed by atoms with van der Waals surface area (Å²) < 4.78 is 0.890. The van der Waals surface area contributed by atoms with Gasteiger partial charge in [0.05, 0.1) is 0 Å². The van der Waals surface area contributed by atoms with Crippen molar-refractivity contribution in [3.63, 3.8) is 0 Å². The van der Waals surface area contributed by atoms with E-state index in [4.69, 9.17) is 0 Å². The Hall–Kier alpha value is -0.640. The average Bonchev–Trinajstić information content (AvgIpc) is 3.16. The molecule has 1 heterocycles. The molecule has 0 bridgehead atoms. The lowest BCUT2D eigenvalue weighted by Gasteiger charge is -2.08. The first-order valence-electron chi connectivity index (χ1n) is 7.11. The first kappa shape index (κ1) is 13.3. The fourth-order valence-electron chi connectivity index (χ4n) is 3.10. The van der Waals surface area contributed by atoms with Crippen molar-refractivity contribution in [3.8, 4) is 0 Å². The van der Waals surface area contributed by atoms with E-state index in [-0.39, 0.29) is 0 Å². The fraction of sp³-hybridized carbons (Fsp3) is 0.733. The van der Waals surface area contributed by atoms with Crippen molar-refractivity contribution in [2.75, 3.05) is 11.9 Å². The highest BCUT2D eigenvalue weighted by Gasteiger charge is 2.64. The number of rotatable bonds is 4. The third kappa shape index (κ3) is 2.28. The molecule has 3 rings (SSSR count). The summed E-state index contributed by atoms with van der Waals surface area (Å²) in [6.07, 6.45) is 2.47. The molecule has 1 aromatic heterocycles. The van der Waals surface area contributed by atoms with Crippen LogP contribution in [-0.4, -0.2) is 16.5 Å². The molecular weight excluding hydrogens is 302 g/mol. The number of nitrogens with one attached hydrogen (secondary N) is 1. The molecule has 0 radical (unpaired) electrons. The summed E-state index contributed by atoms with van der Waals surface area (Å²) in [6.45, 7) is 10.4. The minimum Gasteiger partial charge on any atom is -0.370 e. The standard InChI is InChI=1S/C15H22BrN3/c1-14(2)10(15(14,3)4)8-17-12-7-11(16)18-13(19-12)9-5-6-9/h7,9-10H,5-6,8H2,1-4H3,(H,17,18,19). The summed E-state index contributed by atoms with van der Waals surface area (Å²) in [7, 11) is 0. The molecule has 0 saturated heterocycles. The predicted octanol–water partition coefficient (Wildman–Crippen LogP) is 4.21. The Balaban J connectivity index is 1.68. The van der Waals surface area contributed by atoms with Crippen LogP contribution in [0.1, 0.15) is 52.3 Å². The maximum Gasteiger partial charge on any atom is 0.135 e. The molecule has 104 valence electrons. The molecule has 2 saturated carbocycles. The van der Waals surface area contributed by atoms with Crippen molar-refractivity contribution in [1.29, 1.82) is 0 Å². The second kappa shape index (κ2) is 4.18. The van der Waals surface area contributed by atoms with Gasteiger partial charge in [-0.15, -0.1) is 0 Å². The van der Waals surface area contributed by atoms with E-state index in [9.17, 15) is 0 Å². The Kier molecular flexibility index (Phi) is 2.93. The van der Waals surface area contributed by atoms with Crippen molar-refractivity contribution in [3.05, 3.63) is 16.5 Å². The molecule has 3 nitrogen and oxygen atoms in total. The molecule has 1 aromatic rings. The Morgan fingerprint density at radius 2 is 1.84 bits per heavy atom. The number of aromatic nitrogens is 2. The van der Waals surface area contributed by atoms with Crippen molar-refractivity contribution in [2.24, 2.45) is 16.7 Å². The highest BCUT2D eigenvalue weighted by molar-refractivity contribution is 9.10. The third-order valence-corrected chi connectivity index (χ3v) is 5.87. The summed E-state index contributed by atoms with van der Waals surface area (Å²) in [5.74, 6) is 3.25. The molecule has 2 aliphatic carbocycles. The minimum atomic E-state index is 0.420. The Morgan fingerprint density at radius 1 is 1.21 bits per heavy atom. The zero-order chi connectivity index (χ0) is 13.8. The molecule has 0 aromatic carbocycles. The SMILES string of the molecule is CC1(C)C(CNc2cc(Br)nc(C3CC3)n2)C1(C)C. The first-order valence-corrected chi connectivity index (χ1v) is 7.90. The normalized spacial score (nSPS) is 24.3. The van der Waals surface area contributed by atoms with Crippen molar-refractivity contribution in [2.45, 2.75) is 46.5 Å². The summed E-state index contributed by atoms with van der Waals surface area (Å²) >= 11 is 3.49. The van der Waals surface area contributed by atoms with Crippen LogP contribution in [0.25, 0.3) is 0 Å². The van der Waals surface area contributed by atoms with Crippen LogP contribution in [0.3, 0.4) is 0 Å². The number of anilines is 1. The van der Waals surface area contributed by atoms with Gasteiger partial charge >= 0.3 is 0 Å². The summed E-state index contributed by atoms with van der Waals surface area (Å²) in [5, 5.41) is 3.50. The van der Waals surface area contributed by atoms with Gasteiger partial charge in [-0.3, -0.25) is 0 Å². The Morgan fingerprint density at radius 3 is 2.37 bits per heavy atom. The largest absolute Gasteiger partial charge is 0.370 e. The van der Waals surface area contributed by atoms with Gasteiger partial charge in [0.15, 0.2) is 0 Å². The lowest BCUT2D eigenvalue weighted by Crippen LogP contribution is -2.10. The first-order chi connectivity index (χ1) is 8.82. The van der Waals surface area contributed by atoms with Gasteiger partial charge in [-0.2, -0.15) is 0 Å². The fourth-order valence-corrected chi connectivity index (χ4v) is 3.50. The van der Waals surface area contributed by atoms with Gasteiger partial charge in [0.25, 0.3) is 0 Å². The van der Waals surface area contributed by atoms with E-state index >= 15 is 0 Å². The highest BCUT2D eigenvalue weighted by Crippen LogP contribution is 2.68. The van der Waals surface area contributed by atoms with Gasteiger partial charge in [-0.25, -0.2) is 9.97 Å². The van der Waals surface area contributed by atoms with Gasteiger partial charge in [0.2, 0.25) is 0 Å². The second-order valence-corrected chi connectivity index (χ2v) is 7.90. The van der Waals surface area contributed by atoms with E-state index in [1.807, 2.05) is 6.07 Å². The zero-order valence-electron chi connectivity index (χ0n) is 12.1. The van der Waals surface area contributed by atoms with Gasteiger partial charge in [-0.05, 0) is 45.5 Å². The monoisotopic (exact) mass is 323 g/mol. The number of halogens is 1. The third-order valence-electron chi connectivity index (χ3n) is 5.46. The van der Waals surface area contributed by atoms with E-state index in [0.29, 0.717) is 22.7 Å². The lowest BCUT2D eigenvalue weighted by atomic mass is 10.0. The number of nitrogens with zero attached hydrogens (tertiary/aromatic N) is 2. The molecule has 2 fully saturated rings. The molecule has 4 heteroatoms. The van der Waals surface area contributed by atoms with E-state index in [1.165, 1.54) is 12.8 Å². The van der Waals surface area contributed by atoms with Gasteiger partial charge in [0, 0.05) is 18.5 Å². The predicted molar refractivity (Wildman–Crippen MR) is 81.2 cm³/mol. The van der Waals surface area contributed by atoms with Crippen LogP contribution in [0, 0.1) is 16.7 Å². The molecule has 0 unspecified atom stereocenters. The second-order valence-electron chi connectivity index (χ2n) is 7.09. The molecule has 2 aliphatic rings. The van der Waals surface area contributed by atoms with Crippen molar-refractivity contribution < 1.29 is 0 Å². The van der Waals surface area contributed by atoms with Crippen LogP contribution in [0.4, 0.5) is 5.82 Å². The van der Waals surface area contributed by atoms with Gasteiger partial charge in [-0.1, -0.05) is 27.7 Å². The molecular formula is C15H22BrN3. The van der Waals surface area contributed by atoms with Crippen LogP contribution in [0.5, 0.6) is 0 Å². The molecule has 0 spiro atoms. The molecule has 1 N–H and O–H groups in total. The van der Waals surface area contributed by atoms with E-state index in [0.717, 1.165) is 22.8 Å². The van der Waals surface area contributed by atoms with Crippen LogP contribution < -0.4 is 5.32 Å². The maximum atomic E-state index is 4.64. The molecule has 0 amide bonds. The van der Waals surface area contributed by atoms with E-state index in [2.05, 4.69) is 58.9 Å². The van der Waals surface area contributed by atoms with E-state index < -0.39 is 0 Å². The van der Waals surface area contributed by atoms with Crippen LogP contribution in [-0.2, 0) is 0 Å². The maximum absolute atomic E-state index is 4.64. The average molecular weight is 324 g/mol. The Bertz CT molecular complexity index is 492. The topological polar surface area (TPSA) is 37.8 Å². The summed E-state index contributed by atoms with van der Waals surface area (Å²) in [4.78, 5) is 9.10. The van der Waals surface area contributed by atoms with Gasteiger partial charge < -0.3 is 5.32 Å². The number of hydrogen-bond acceptors (Lipinski definition) is 3. The smallest absolute Gasteiger partial charge is 0.135 e. The van der Waals surface area contributed by atoms with Gasteiger partial charge in [0.1, 0.15) is 16.2 Å². The minimum absolute atomic E-state index is 0.420. The lowest BCUT2D eigenvalue weighted by molar-refractivity contribution is 0.457. The number of hydrogen-bond donors (Lipinski definition) is 1. The quantitative estimate of drug-likeness (QED) is 0.843. The summed E-state index contributed by atoms with van der Waals surface area (Å²) in [6, 6.07) is 1.98.